The molecule has 1 aromatic carbocycles. The van der Waals surface area contributed by atoms with Crippen molar-refractivity contribution < 1.29 is 9.53 Å². The molecule has 0 spiro atoms. The summed E-state index contributed by atoms with van der Waals surface area (Å²) in [6.07, 6.45) is 5.07. The Kier molecular flexibility index (Phi) is 5.97. The monoisotopic (exact) mass is 438 g/mol. The second-order valence-corrected chi connectivity index (χ2v) is 9.12. The summed E-state index contributed by atoms with van der Waals surface area (Å²) >= 11 is 1.17. The van der Waals surface area contributed by atoms with Crippen LogP contribution in [-0.2, 0) is 4.74 Å². The minimum absolute atomic E-state index is 0.270. The van der Waals surface area contributed by atoms with Crippen molar-refractivity contribution in [3.8, 4) is 11.1 Å². The van der Waals surface area contributed by atoms with E-state index in [-0.39, 0.29) is 6.09 Å². The van der Waals surface area contributed by atoms with Gasteiger partial charge in [-0.3, -0.25) is 15.1 Å². The predicted octanol–water partition coefficient (Wildman–Crippen LogP) is 3.71. The van der Waals surface area contributed by atoms with Crippen molar-refractivity contribution in [2.45, 2.75) is 31.3 Å². The number of rotatable bonds is 3. The summed E-state index contributed by atoms with van der Waals surface area (Å²) in [5.74, 6) is 0.804. The van der Waals surface area contributed by atoms with E-state index < -0.39 is 5.60 Å². The Balaban J connectivity index is 1.51. The largest absolute Gasteiger partial charge is 0.444 e. The van der Waals surface area contributed by atoms with Crippen LogP contribution >= 0.6 is 11.9 Å². The van der Waals surface area contributed by atoms with E-state index in [1.54, 1.807) is 17.3 Å². The van der Waals surface area contributed by atoms with Crippen LogP contribution in [0, 0.1) is 0 Å². The molecule has 8 nitrogen and oxygen atoms in total. The van der Waals surface area contributed by atoms with Gasteiger partial charge in [0.2, 0.25) is 0 Å². The van der Waals surface area contributed by atoms with E-state index in [0.717, 1.165) is 32.9 Å². The summed E-state index contributed by atoms with van der Waals surface area (Å²) in [6.45, 7) is 8.16. The molecule has 4 rings (SSSR count). The van der Waals surface area contributed by atoms with Gasteiger partial charge in [-0.05, 0) is 56.5 Å². The lowest BCUT2D eigenvalue weighted by Gasteiger charge is -2.36. The van der Waals surface area contributed by atoms with Crippen molar-refractivity contribution in [2.24, 2.45) is 5.14 Å². The van der Waals surface area contributed by atoms with Crippen molar-refractivity contribution in [3.05, 3.63) is 42.9 Å². The molecule has 9 heteroatoms. The average Bonchev–Trinajstić information content (AvgIpc) is 2.77. The van der Waals surface area contributed by atoms with Gasteiger partial charge >= 0.3 is 6.09 Å². The van der Waals surface area contributed by atoms with E-state index in [4.69, 9.17) is 14.9 Å². The van der Waals surface area contributed by atoms with Gasteiger partial charge in [0.25, 0.3) is 0 Å². The lowest BCUT2D eigenvalue weighted by Crippen LogP contribution is -2.50. The number of hydrogen-bond acceptors (Lipinski definition) is 8. The predicted molar refractivity (Wildman–Crippen MR) is 123 cm³/mol. The number of carbonyl (C=O) groups is 1. The summed E-state index contributed by atoms with van der Waals surface area (Å²) in [5, 5.41) is 5.66. The Morgan fingerprint density at radius 2 is 1.81 bits per heavy atom. The normalized spacial score (nSPS) is 14.7. The molecule has 0 atom stereocenters. The van der Waals surface area contributed by atoms with Crippen LogP contribution < -0.4 is 10.0 Å². The molecule has 1 fully saturated rings. The SMILES string of the molecule is CC(C)(C)OC(=O)N1CCN(c2cnc3ccc(-c4cncc(SN)c4)cc3n2)CC1. The zero-order valence-corrected chi connectivity index (χ0v) is 18.7. The minimum atomic E-state index is -0.492. The number of anilines is 1. The van der Waals surface area contributed by atoms with Crippen LogP contribution in [0.15, 0.2) is 47.8 Å². The smallest absolute Gasteiger partial charge is 0.410 e. The number of pyridine rings is 1. The number of piperazine rings is 1. The molecule has 3 heterocycles. The van der Waals surface area contributed by atoms with Crippen LogP contribution in [0.3, 0.4) is 0 Å². The molecule has 0 aliphatic carbocycles. The van der Waals surface area contributed by atoms with Gasteiger partial charge in [0.15, 0.2) is 0 Å². The van der Waals surface area contributed by atoms with Crippen LogP contribution in [0.2, 0.25) is 0 Å². The van der Waals surface area contributed by atoms with Gasteiger partial charge < -0.3 is 14.5 Å². The molecule has 2 aromatic heterocycles. The van der Waals surface area contributed by atoms with E-state index in [2.05, 4.69) is 14.9 Å². The summed E-state index contributed by atoms with van der Waals surface area (Å²) < 4.78 is 5.47. The lowest BCUT2D eigenvalue weighted by molar-refractivity contribution is 0.0240. The standard InChI is InChI=1S/C22H26N6O2S/c1-22(2,3)30-21(29)28-8-6-27(7-9-28)20-14-25-18-5-4-15(11-19(18)26-20)16-10-17(31-23)13-24-12-16/h4-5,10-14H,6-9,23H2,1-3H3. The van der Waals surface area contributed by atoms with Crippen LogP contribution in [0.5, 0.6) is 0 Å². The molecule has 1 aliphatic rings. The molecule has 0 unspecified atom stereocenters. The molecule has 31 heavy (non-hydrogen) atoms. The van der Waals surface area contributed by atoms with E-state index >= 15 is 0 Å². The van der Waals surface area contributed by atoms with Crippen LogP contribution in [0.4, 0.5) is 10.6 Å². The van der Waals surface area contributed by atoms with Crippen LogP contribution in [0.1, 0.15) is 20.8 Å². The van der Waals surface area contributed by atoms with Crippen molar-refractivity contribution in [1.82, 2.24) is 19.9 Å². The van der Waals surface area contributed by atoms with Crippen molar-refractivity contribution in [1.29, 1.82) is 0 Å². The fraction of sp³-hybridized carbons (Fsp3) is 0.364. The van der Waals surface area contributed by atoms with Gasteiger partial charge in [-0.2, -0.15) is 0 Å². The highest BCUT2D eigenvalue weighted by Gasteiger charge is 2.26. The zero-order valence-electron chi connectivity index (χ0n) is 17.9. The molecule has 1 aliphatic heterocycles. The Hall–Kier alpha value is -2.91. The topological polar surface area (TPSA) is 97.5 Å². The number of aromatic nitrogens is 3. The average molecular weight is 439 g/mol. The number of carbonyl (C=O) groups excluding carboxylic acids is 1. The van der Waals surface area contributed by atoms with Crippen molar-refractivity contribution >= 4 is 34.9 Å². The first-order valence-electron chi connectivity index (χ1n) is 10.1. The lowest BCUT2D eigenvalue weighted by atomic mass is 10.1. The van der Waals surface area contributed by atoms with Gasteiger partial charge in [-0.1, -0.05) is 6.07 Å². The minimum Gasteiger partial charge on any atom is -0.444 e. The van der Waals surface area contributed by atoms with E-state index in [1.807, 2.05) is 51.2 Å². The quantitative estimate of drug-likeness (QED) is 0.618. The molecule has 3 aromatic rings. The van der Waals surface area contributed by atoms with Crippen molar-refractivity contribution in [2.75, 3.05) is 31.1 Å². The highest BCUT2D eigenvalue weighted by Crippen LogP contribution is 2.26. The first-order valence-corrected chi connectivity index (χ1v) is 11.0. The van der Waals surface area contributed by atoms with E-state index in [0.29, 0.717) is 26.2 Å². The maximum atomic E-state index is 12.3. The van der Waals surface area contributed by atoms with Gasteiger partial charge in [-0.15, -0.1) is 0 Å². The third-order valence-corrected chi connectivity index (χ3v) is 5.46. The Labute approximate surface area is 186 Å². The maximum absolute atomic E-state index is 12.3. The summed E-state index contributed by atoms with van der Waals surface area (Å²) in [7, 11) is 0. The number of benzene rings is 1. The van der Waals surface area contributed by atoms with Gasteiger partial charge in [-0.25, -0.2) is 9.78 Å². The first-order chi connectivity index (χ1) is 14.8. The Bertz CT molecular complexity index is 1090. The molecular weight excluding hydrogens is 412 g/mol. The summed E-state index contributed by atoms with van der Waals surface area (Å²) in [5.41, 5.74) is 3.15. The molecular formula is C22H26N6O2S. The Morgan fingerprint density at radius 3 is 2.52 bits per heavy atom. The van der Waals surface area contributed by atoms with E-state index in [9.17, 15) is 4.79 Å². The Morgan fingerprint density at radius 1 is 1.03 bits per heavy atom. The second-order valence-electron chi connectivity index (χ2n) is 8.41. The summed E-state index contributed by atoms with van der Waals surface area (Å²) in [4.78, 5) is 30.8. The highest BCUT2D eigenvalue weighted by molar-refractivity contribution is 7.97. The molecule has 1 saturated heterocycles. The van der Waals surface area contributed by atoms with E-state index in [1.165, 1.54) is 11.9 Å². The molecule has 0 saturated carbocycles. The molecule has 162 valence electrons. The second kappa shape index (κ2) is 8.68. The zero-order chi connectivity index (χ0) is 22.0. The fourth-order valence-corrected chi connectivity index (χ4v) is 3.74. The van der Waals surface area contributed by atoms with Crippen molar-refractivity contribution in [3.63, 3.8) is 0 Å². The molecule has 2 N–H and O–H groups in total. The molecule has 1 amide bonds. The summed E-state index contributed by atoms with van der Waals surface area (Å²) in [6, 6.07) is 8.00. The third kappa shape index (κ3) is 5.05. The maximum Gasteiger partial charge on any atom is 0.410 e. The number of ether oxygens (including phenoxy) is 1. The van der Waals surface area contributed by atoms with Gasteiger partial charge in [0, 0.05) is 49.0 Å². The molecule has 0 radical (unpaired) electrons. The number of fused-ring (bicyclic) bond motifs is 1. The van der Waals surface area contributed by atoms with Crippen LogP contribution in [-0.4, -0.2) is 57.7 Å². The van der Waals surface area contributed by atoms with Crippen LogP contribution in [0.25, 0.3) is 22.2 Å². The molecule has 0 bridgehead atoms. The number of hydrogen-bond donors (Lipinski definition) is 1. The first kappa shape index (κ1) is 21.3. The van der Waals surface area contributed by atoms with Gasteiger partial charge in [0.05, 0.1) is 17.2 Å². The number of amides is 1. The number of nitrogens with two attached hydrogens (primary N) is 1. The number of nitrogens with zero attached hydrogens (tertiary/aromatic N) is 5. The fourth-order valence-electron chi connectivity index (χ4n) is 3.42. The van der Waals surface area contributed by atoms with Gasteiger partial charge in [0.1, 0.15) is 11.4 Å². The third-order valence-electron chi connectivity index (χ3n) is 4.97. The highest BCUT2D eigenvalue weighted by atomic mass is 32.2.